The number of aromatic amines is 1. The number of rotatable bonds is 5. The zero-order chi connectivity index (χ0) is 15.7. The van der Waals surface area contributed by atoms with E-state index in [4.69, 9.17) is 0 Å². The first-order valence-corrected chi connectivity index (χ1v) is 9.56. The van der Waals surface area contributed by atoms with Crippen molar-refractivity contribution in [3.8, 4) is 0 Å². The van der Waals surface area contributed by atoms with Crippen LogP contribution in [0.4, 0.5) is 0 Å². The molecule has 1 fully saturated rings. The Labute approximate surface area is 131 Å². The Hall–Kier alpha value is -1.40. The van der Waals surface area contributed by atoms with E-state index in [1.54, 1.807) is 4.31 Å². The molecule has 2 atom stereocenters. The fraction of sp³-hybridized carbons (Fsp3) is 0.562. The van der Waals surface area contributed by atoms with Gasteiger partial charge in [-0.2, -0.15) is 4.31 Å². The third-order valence-electron chi connectivity index (χ3n) is 4.48. The van der Waals surface area contributed by atoms with Gasteiger partial charge in [0.2, 0.25) is 10.0 Å². The molecule has 1 aromatic carbocycles. The summed E-state index contributed by atoms with van der Waals surface area (Å²) < 4.78 is 27.0. The van der Waals surface area contributed by atoms with E-state index in [1.165, 1.54) is 0 Å². The van der Waals surface area contributed by atoms with Crippen LogP contribution in [-0.4, -0.2) is 35.0 Å². The minimum Gasteiger partial charge on any atom is -0.341 e. The van der Waals surface area contributed by atoms with Crippen LogP contribution in [0.5, 0.6) is 0 Å². The standard InChI is InChI=1S/C16H23N3O2S/c1-3-12(2)11-22(20,21)19-10-6-9-15(19)16-17-13-7-4-5-8-14(13)18-16/h4-5,7-8,12,15H,3,6,9-11H2,1-2H3,(H,17,18). The highest BCUT2D eigenvalue weighted by Gasteiger charge is 2.37. The Bertz CT molecular complexity index is 721. The molecule has 1 N–H and O–H groups in total. The summed E-state index contributed by atoms with van der Waals surface area (Å²) in [6.45, 7) is 4.62. The quantitative estimate of drug-likeness (QED) is 0.920. The van der Waals surface area contributed by atoms with Gasteiger partial charge in [-0.15, -0.1) is 0 Å². The summed E-state index contributed by atoms with van der Waals surface area (Å²) in [6, 6.07) is 7.66. The first-order valence-electron chi connectivity index (χ1n) is 7.95. The first kappa shape index (κ1) is 15.5. The highest BCUT2D eigenvalue weighted by Crippen LogP contribution is 2.34. The van der Waals surface area contributed by atoms with E-state index in [2.05, 4.69) is 9.97 Å². The predicted molar refractivity (Wildman–Crippen MR) is 88.0 cm³/mol. The summed E-state index contributed by atoms with van der Waals surface area (Å²) in [5.74, 6) is 1.17. The van der Waals surface area contributed by atoms with Crippen molar-refractivity contribution in [3.05, 3.63) is 30.1 Å². The van der Waals surface area contributed by atoms with Crippen LogP contribution >= 0.6 is 0 Å². The molecule has 0 spiro atoms. The van der Waals surface area contributed by atoms with E-state index in [-0.39, 0.29) is 17.7 Å². The van der Waals surface area contributed by atoms with Crippen molar-refractivity contribution in [1.29, 1.82) is 0 Å². The van der Waals surface area contributed by atoms with Gasteiger partial charge in [-0.05, 0) is 30.9 Å². The summed E-state index contributed by atoms with van der Waals surface area (Å²) in [6.07, 6.45) is 2.60. The number of sulfonamides is 1. The lowest BCUT2D eigenvalue weighted by Gasteiger charge is -2.24. The van der Waals surface area contributed by atoms with Crippen LogP contribution < -0.4 is 0 Å². The highest BCUT2D eigenvalue weighted by molar-refractivity contribution is 7.89. The maximum atomic E-state index is 12.7. The number of fused-ring (bicyclic) bond motifs is 1. The molecule has 0 amide bonds. The van der Waals surface area contributed by atoms with E-state index < -0.39 is 10.0 Å². The van der Waals surface area contributed by atoms with Crippen LogP contribution in [0.15, 0.2) is 24.3 Å². The first-order chi connectivity index (χ1) is 10.5. The summed E-state index contributed by atoms with van der Waals surface area (Å²) >= 11 is 0. The molecule has 0 bridgehead atoms. The molecule has 3 rings (SSSR count). The maximum Gasteiger partial charge on any atom is 0.215 e. The molecule has 22 heavy (non-hydrogen) atoms. The Kier molecular flexibility index (Phi) is 4.23. The van der Waals surface area contributed by atoms with Crippen molar-refractivity contribution >= 4 is 21.1 Å². The van der Waals surface area contributed by atoms with E-state index in [9.17, 15) is 8.42 Å². The maximum absolute atomic E-state index is 12.7. The second-order valence-electron chi connectivity index (χ2n) is 6.20. The lowest BCUT2D eigenvalue weighted by atomic mass is 10.2. The van der Waals surface area contributed by atoms with E-state index in [0.717, 1.165) is 36.1 Å². The van der Waals surface area contributed by atoms with Crippen LogP contribution in [0, 0.1) is 5.92 Å². The molecule has 1 aromatic heterocycles. The molecular weight excluding hydrogens is 298 g/mol. The Morgan fingerprint density at radius 2 is 2.18 bits per heavy atom. The summed E-state index contributed by atoms with van der Waals surface area (Å²) in [5.41, 5.74) is 1.85. The number of imidazole rings is 1. The van der Waals surface area contributed by atoms with Gasteiger partial charge in [-0.25, -0.2) is 13.4 Å². The van der Waals surface area contributed by atoms with Crippen LogP contribution in [0.2, 0.25) is 0 Å². The number of benzene rings is 1. The molecule has 1 aliphatic heterocycles. The molecule has 2 unspecified atom stereocenters. The van der Waals surface area contributed by atoms with Gasteiger partial charge >= 0.3 is 0 Å². The number of hydrogen-bond acceptors (Lipinski definition) is 3. The second kappa shape index (κ2) is 6.01. The molecule has 0 saturated carbocycles. The molecule has 120 valence electrons. The topological polar surface area (TPSA) is 66.1 Å². The molecule has 0 aliphatic carbocycles. The zero-order valence-electron chi connectivity index (χ0n) is 13.1. The Morgan fingerprint density at radius 3 is 2.91 bits per heavy atom. The Morgan fingerprint density at radius 1 is 1.41 bits per heavy atom. The average molecular weight is 321 g/mol. The van der Waals surface area contributed by atoms with Crippen molar-refractivity contribution in [2.45, 2.75) is 39.2 Å². The lowest BCUT2D eigenvalue weighted by molar-refractivity contribution is 0.381. The molecule has 1 aliphatic rings. The van der Waals surface area contributed by atoms with Crippen molar-refractivity contribution in [3.63, 3.8) is 0 Å². The third-order valence-corrected chi connectivity index (χ3v) is 6.62. The van der Waals surface area contributed by atoms with Crippen molar-refractivity contribution in [2.24, 2.45) is 5.92 Å². The summed E-state index contributed by atoms with van der Waals surface area (Å²) in [7, 11) is -3.23. The van der Waals surface area contributed by atoms with Gasteiger partial charge in [0.1, 0.15) is 5.82 Å². The van der Waals surface area contributed by atoms with Gasteiger partial charge in [0.15, 0.2) is 0 Å². The molecule has 5 nitrogen and oxygen atoms in total. The van der Waals surface area contributed by atoms with Crippen LogP contribution in [-0.2, 0) is 10.0 Å². The van der Waals surface area contributed by atoms with Gasteiger partial charge in [0.25, 0.3) is 0 Å². The smallest absolute Gasteiger partial charge is 0.215 e. The number of H-pyrrole nitrogens is 1. The minimum absolute atomic E-state index is 0.151. The molecular formula is C16H23N3O2S. The number of nitrogens with zero attached hydrogens (tertiary/aromatic N) is 2. The SMILES string of the molecule is CCC(C)CS(=O)(=O)N1CCCC1c1nc2ccccc2[nH]1. The fourth-order valence-electron chi connectivity index (χ4n) is 3.05. The highest BCUT2D eigenvalue weighted by atomic mass is 32.2. The van der Waals surface area contributed by atoms with Crippen LogP contribution in [0.1, 0.15) is 45.0 Å². The molecule has 2 heterocycles. The van der Waals surface area contributed by atoms with Crippen LogP contribution in [0.25, 0.3) is 11.0 Å². The number of aromatic nitrogens is 2. The normalized spacial score (nSPS) is 21.5. The zero-order valence-corrected chi connectivity index (χ0v) is 13.9. The molecule has 6 heteroatoms. The van der Waals surface area contributed by atoms with Crippen molar-refractivity contribution in [2.75, 3.05) is 12.3 Å². The van der Waals surface area contributed by atoms with Gasteiger partial charge in [0.05, 0.1) is 22.8 Å². The molecule has 0 radical (unpaired) electrons. The predicted octanol–water partition coefficient (Wildman–Crippen LogP) is 3.08. The van der Waals surface area contributed by atoms with Gasteiger partial charge < -0.3 is 4.98 Å². The lowest BCUT2D eigenvalue weighted by Crippen LogP contribution is -2.34. The number of nitrogens with one attached hydrogen (secondary N) is 1. The van der Waals surface area contributed by atoms with E-state index in [0.29, 0.717) is 6.54 Å². The number of hydrogen-bond donors (Lipinski definition) is 1. The monoisotopic (exact) mass is 321 g/mol. The summed E-state index contributed by atoms with van der Waals surface area (Å²) in [5, 5.41) is 0. The van der Waals surface area contributed by atoms with E-state index in [1.807, 2.05) is 38.1 Å². The third kappa shape index (κ3) is 2.90. The van der Waals surface area contributed by atoms with Crippen molar-refractivity contribution < 1.29 is 8.42 Å². The van der Waals surface area contributed by atoms with E-state index >= 15 is 0 Å². The van der Waals surface area contributed by atoms with Crippen molar-refractivity contribution in [1.82, 2.24) is 14.3 Å². The van der Waals surface area contributed by atoms with Gasteiger partial charge in [0, 0.05) is 6.54 Å². The Balaban J connectivity index is 1.89. The van der Waals surface area contributed by atoms with Gasteiger partial charge in [-0.1, -0.05) is 32.4 Å². The largest absolute Gasteiger partial charge is 0.341 e. The van der Waals surface area contributed by atoms with Gasteiger partial charge in [-0.3, -0.25) is 0 Å². The summed E-state index contributed by atoms with van der Waals surface area (Å²) in [4.78, 5) is 7.89. The second-order valence-corrected chi connectivity index (χ2v) is 8.17. The molecule has 1 saturated heterocycles. The van der Waals surface area contributed by atoms with Crippen LogP contribution in [0.3, 0.4) is 0 Å². The minimum atomic E-state index is -3.23. The number of para-hydroxylation sites is 2. The average Bonchev–Trinajstić information content (AvgIpc) is 3.12. The molecule has 2 aromatic rings. The fourth-order valence-corrected chi connectivity index (χ4v) is 5.20.